The summed E-state index contributed by atoms with van der Waals surface area (Å²) in [7, 11) is 0. The van der Waals surface area contributed by atoms with Crippen molar-refractivity contribution in [3.8, 4) is 11.5 Å². The van der Waals surface area contributed by atoms with Gasteiger partial charge in [0.2, 0.25) is 5.56 Å². The van der Waals surface area contributed by atoms with Crippen molar-refractivity contribution < 1.29 is 14.3 Å². The lowest BCUT2D eigenvalue weighted by molar-refractivity contribution is -0.118. The van der Waals surface area contributed by atoms with Crippen LogP contribution in [0, 0.1) is 0 Å². The zero-order valence-corrected chi connectivity index (χ0v) is 16.1. The number of aryl methyl sites for hydroxylation is 1. The van der Waals surface area contributed by atoms with E-state index in [1.807, 2.05) is 19.1 Å². The molecule has 1 heterocycles. The number of nitrogens with one attached hydrogen (secondary N) is 2. The van der Waals surface area contributed by atoms with Crippen LogP contribution in [0.5, 0.6) is 11.5 Å². The highest BCUT2D eigenvalue weighted by Crippen LogP contribution is 2.21. The van der Waals surface area contributed by atoms with Gasteiger partial charge in [0.1, 0.15) is 11.5 Å². The molecule has 0 aliphatic rings. The van der Waals surface area contributed by atoms with Crippen molar-refractivity contribution in [1.29, 1.82) is 0 Å². The molecule has 1 aromatic heterocycles. The Hall–Kier alpha value is -3.28. The summed E-state index contributed by atoms with van der Waals surface area (Å²) >= 11 is 0. The lowest BCUT2D eigenvalue weighted by Gasteiger charge is -2.10. The summed E-state index contributed by atoms with van der Waals surface area (Å²) < 4.78 is 10.9. The molecule has 0 aliphatic carbocycles. The largest absolute Gasteiger partial charge is 0.494 e. The SMILES string of the molecule is CCCc1cc(=O)[nH]c2cc(NC(=O)COc3ccc(OCC)cc3)ccc12. The molecular formula is C22H24N2O4. The molecule has 0 aliphatic heterocycles. The van der Waals surface area contributed by atoms with Gasteiger partial charge < -0.3 is 19.8 Å². The van der Waals surface area contributed by atoms with Crippen LogP contribution in [0.25, 0.3) is 10.9 Å². The molecule has 0 spiro atoms. The second kappa shape index (κ2) is 9.08. The smallest absolute Gasteiger partial charge is 0.262 e. The summed E-state index contributed by atoms with van der Waals surface area (Å²) in [6, 6.07) is 14.3. The van der Waals surface area contributed by atoms with Gasteiger partial charge in [-0.1, -0.05) is 19.4 Å². The summed E-state index contributed by atoms with van der Waals surface area (Å²) in [6.07, 6.45) is 1.79. The molecule has 0 unspecified atom stereocenters. The molecular weight excluding hydrogens is 356 g/mol. The standard InChI is InChI=1S/C22H24N2O4/c1-3-5-15-12-21(25)24-20-13-16(6-11-19(15)20)23-22(26)14-28-18-9-7-17(8-10-18)27-4-2/h6-13H,3-5,14H2,1-2H3,(H,23,26)(H,24,25). The topological polar surface area (TPSA) is 80.4 Å². The Bertz CT molecular complexity index is 1010. The minimum Gasteiger partial charge on any atom is -0.494 e. The fourth-order valence-corrected chi connectivity index (χ4v) is 3.03. The van der Waals surface area contributed by atoms with Gasteiger partial charge in [-0.05, 0) is 55.3 Å². The minimum atomic E-state index is -0.278. The second-order valence-corrected chi connectivity index (χ2v) is 6.41. The van der Waals surface area contributed by atoms with Gasteiger partial charge in [0.05, 0.1) is 12.1 Å². The lowest BCUT2D eigenvalue weighted by atomic mass is 10.0. The molecule has 1 amide bonds. The summed E-state index contributed by atoms with van der Waals surface area (Å²) in [5.41, 5.74) is 2.19. The van der Waals surface area contributed by atoms with Crippen LogP contribution in [0.1, 0.15) is 25.8 Å². The van der Waals surface area contributed by atoms with Crippen molar-refractivity contribution in [3.05, 3.63) is 64.4 Å². The Morgan fingerprint density at radius 2 is 1.71 bits per heavy atom. The highest BCUT2D eigenvalue weighted by Gasteiger charge is 2.08. The molecule has 0 radical (unpaired) electrons. The van der Waals surface area contributed by atoms with E-state index >= 15 is 0 Å². The van der Waals surface area contributed by atoms with E-state index in [0.29, 0.717) is 23.6 Å². The van der Waals surface area contributed by atoms with E-state index in [1.165, 1.54) is 0 Å². The molecule has 0 fully saturated rings. The lowest BCUT2D eigenvalue weighted by Crippen LogP contribution is -2.20. The quantitative estimate of drug-likeness (QED) is 0.621. The number of rotatable bonds is 8. The first-order valence-electron chi connectivity index (χ1n) is 9.40. The fraction of sp³-hybridized carbons (Fsp3) is 0.273. The Kier molecular flexibility index (Phi) is 6.32. The fourth-order valence-electron chi connectivity index (χ4n) is 3.03. The second-order valence-electron chi connectivity index (χ2n) is 6.41. The van der Waals surface area contributed by atoms with Crippen LogP contribution in [-0.4, -0.2) is 24.1 Å². The summed E-state index contributed by atoms with van der Waals surface area (Å²) in [5.74, 6) is 1.07. The number of carbonyl (C=O) groups excluding carboxylic acids is 1. The number of aromatic nitrogens is 1. The first kappa shape index (κ1) is 19.5. The molecule has 28 heavy (non-hydrogen) atoms. The van der Waals surface area contributed by atoms with Gasteiger partial charge in [-0.3, -0.25) is 9.59 Å². The zero-order valence-electron chi connectivity index (χ0n) is 16.1. The van der Waals surface area contributed by atoms with Crippen LogP contribution >= 0.6 is 0 Å². The third-order valence-electron chi connectivity index (χ3n) is 4.24. The predicted molar refractivity (Wildman–Crippen MR) is 110 cm³/mol. The van der Waals surface area contributed by atoms with Gasteiger partial charge in [-0.25, -0.2) is 0 Å². The number of amides is 1. The Morgan fingerprint density at radius 3 is 2.39 bits per heavy atom. The zero-order chi connectivity index (χ0) is 19.9. The van der Waals surface area contributed by atoms with Gasteiger partial charge in [0, 0.05) is 17.1 Å². The third-order valence-corrected chi connectivity index (χ3v) is 4.24. The molecule has 0 atom stereocenters. The van der Waals surface area contributed by atoms with Gasteiger partial charge in [-0.2, -0.15) is 0 Å². The van der Waals surface area contributed by atoms with E-state index in [0.717, 1.165) is 29.5 Å². The third kappa shape index (κ3) is 4.91. The van der Waals surface area contributed by atoms with E-state index in [-0.39, 0.29) is 18.1 Å². The minimum absolute atomic E-state index is 0.113. The van der Waals surface area contributed by atoms with E-state index in [1.54, 1.807) is 36.4 Å². The number of pyridine rings is 1. The van der Waals surface area contributed by atoms with Crippen molar-refractivity contribution in [2.24, 2.45) is 0 Å². The van der Waals surface area contributed by atoms with Crippen molar-refractivity contribution in [2.75, 3.05) is 18.5 Å². The molecule has 6 nitrogen and oxygen atoms in total. The highest BCUT2D eigenvalue weighted by atomic mass is 16.5. The van der Waals surface area contributed by atoms with Crippen molar-refractivity contribution in [3.63, 3.8) is 0 Å². The average molecular weight is 380 g/mol. The van der Waals surface area contributed by atoms with E-state index < -0.39 is 0 Å². The molecule has 146 valence electrons. The normalized spacial score (nSPS) is 10.6. The number of benzene rings is 2. The van der Waals surface area contributed by atoms with E-state index in [9.17, 15) is 9.59 Å². The van der Waals surface area contributed by atoms with Crippen LogP contribution in [0.2, 0.25) is 0 Å². The maximum atomic E-state index is 12.2. The number of anilines is 1. The number of ether oxygens (including phenoxy) is 2. The molecule has 2 aromatic carbocycles. The summed E-state index contributed by atoms with van der Waals surface area (Å²) in [4.78, 5) is 26.9. The summed E-state index contributed by atoms with van der Waals surface area (Å²) in [6.45, 7) is 4.48. The van der Waals surface area contributed by atoms with E-state index in [4.69, 9.17) is 9.47 Å². The average Bonchev–Trinajstić information content (AvgIpc) is 2.67. The van der Waals surface area contributed by atoms with Crippen molar-refractivity contribution in [2.45, 2.75) is 26.7 Å². The molecule has 0 bridgehead atoms. The Balaban J connectivity index is 1.65. The number of carbonyl (C=O) groups is 1. The van der Waals surface area contributed by atoms with Crippen LogP contribution in [0.4, 0.5) is 5.69 Å². The molecule has 0 saturated carbocycles. The van der Waals surface area contributed by atoms with Gasteiger partial charge in [0.25, 0.3) is 5.91 Å². The van der Waals surface area contributed by atoms with Gasteiger partial charge in [0.15, 0.2) is 6.61 Å². The molecule has 3 rings (SSSR count). The van der Waals surface area contributed by atoms with Gasteiger partial charge in [-0.15, -0.1) is 0 Å². The predicted octanol–water partition coefficient (Wildman–Crippen LogP) is 3.90. The van der Waals surface area contributed by atoms with Crippen molar-refractivity contribution >= 4 is 22.5 Å². The first-order chi connectivity index (χ1) is 13.6. The summed E-state index contributed by atoms with van der Waals surface area (Å²) in [5, 5.41) is 3.79. The number of hydrogen-bond acceptors (Lipinski definition) is 4. The Morgan fingerprint density at radius 1 is 1.00 bits per heavy atom. The molecule has 6 heteroatoms. The monoisotopic (exact) mass is 380 g/mol. The number of H-pyrrole nitrogens is 1. The molecule has 3 aromatic rings. The maximum absolute atomic E-state index is 12.2. The van der Waals surface area contributed by atoms with E-state index in [2.05, 4.69) is 17.2 Å². The first-order valence-corrected chi connectivity index (χ1v) is 9.40. The van der Waals surface area contributed by atoms with Crippen LogP contribution in [-0.2, 0) is 11.2 Å². The number of hydrogen-bond donors (Lipinski definition) is 2. The number of fused-ring (bicyclic) bond motifs is 1. The van der Waals surface area contributed by atoms with Gasteiger partial charge >= 0.3 is 0 Å². The van der Waals surface area contributed by atoms with Crippen LogP contribution in [0.15, 0.2) is 53.3 Å². The van der Waals surface area contributed by atoms with Crippen molar-refractivity contribution in [1.82, 2.24) is 4.98 Å². The maximum Gasteiger partial charge on any atom is 0.262 e. The highest BCUT2D eigenvalue weighted by molar-refractivity contribution is 5.94. The number of aromatic amines is 1. The molecule has 2 N–H and O–H groups in total. The van der Waals surface area contributed by atoms with Crippen LogP contribution in [0.3, 0.4) is 0 Å². The Labute approximate surface area is 163 Å². The van der Waals surface area contributed by atoms with Crippen LogP contribution < -0.4 is 20.3 Å². The molecule has 0 saturated heterocycles.